The first-order chi connectivity index (χ1) is 12.1. The van der Waals surface area contributed by atoms with Crippen molar-refractivity contribution in [2.45, 2.75) is 13.8 Å². The van der Waals surface area contributed by atoms with E-state index in [1.165, 1.54) is 0 Å². The van der Waals surface area contributed by atoms with Crippen LogP contribution in [0.4, 0.5) is 5.69 Å². The van der Waals surface area contributed by atoms with E-state index in [2.05, 4.69) is 5.32 Å². The predicted octanol–water partition coefficient (Wildman–Crippen LogP) is 5.00. The second-order valence-corrected chi connectivity index (χ2v) is 6.00. The molecule has 0 radical (unpaired) electrons. The fraction of sp³-hybridized carbons (Fsp3) is 0.0909. The van der Waals surface area contributed by atoms with Crippen LogP contribution in [0.15, 0.2) is 66.2 Å². The number of hydrogen-bond acceptors (Lipinski definition) is 2. The van der Waals surface area contributed by atoms with Crippen molar-refractivity contribution in [1.29, 1.82) is 5.26 Å². The number of nitrogens with zero attached hydrogens (tertiary/aromatic N) is 1. The number of amides is 1. The van der Waals surface area contributed by atoms with E-state index < -0.39 is 5.91 Å². The monoisotopic (exact) mass is 326 g/mol. The van der Waals surface area contributed by atoms with Gasteiger partial charge in [0, 0.05) is 5.69 Å². The summed E-state index contributed by atoms with van der Waals surface area (Å²) >= 11 is 0. The summed E-state index contributed by atoms with van der Waals surface area (Å²) < 4.78 is 0. The summed E-state index contributed by atoms with van der Waals surface area (Å²) in [6, 6.07) is 21.7. The average Bonchev–Trinajstić information content (AvgIpc) is 2.62. The Kier molecular flexibility index (Phi) is 4.63. The van der Waals surface area contributed by atoms with E-state index in [0.717, 1.165) is 33.2 Å². The van der Waals surface area contributed by atoms with Gasteiger partial charge in [-0.3, -0.25) is 4.79 Å². The summed E-state index contributed by atoms with van der Waals surface area (Å²) in [6.07, 6.45) is 1.62. The Hall–Kier alpha value is -3.38. The van der Waals surface area contributed by atoms with E-state index in [-0.39, 0.29) is 5.57 Å². The maximum absolute atomic E-state index is 12.5. The zero-order valence-corrected chi connectivity index (χ0v) is 14.2. The lowest BCUT2D eigenvalue weighted by atomic mass is 10.0. The van der Waals surface area contributed by atoms with Gasteiger partial charge in [0.2, 0.25) is 0 Å². The highest BCUT2D eigenvalue weighted by molar-refractivity contribution is 6.10. The van der Waals surface area contributed by atoms with Crippen LogP contribution >= 0.6 is 0 Å². The molecular formula is C22H18N2O. The maximum atomic E-state index is 12.5. The van der Waals surface area contributed by atoms with Crippen molar-refractivity contribution >= 4 is 28.4 Å². The first kappa shape index (κ1) is 16.5. The summed E-state index contributed by atoms with van der Waals surface area (Å²) in [6.45, 7) is 3.86. The van der Waals surface area contributed by atoms with Crippen molar-refractivity contribution < 1.29 is 4.79 Å². The predicted molar refractivity (Wildman–Crippen MR) is 102 cm³/mol. The number of carbonyl (C=O) groups is 1. The summed E-state index contributed by atoms with van der Waals surface area (Å²) in [7, 11) is 0. The molecular weight excluding hydrogens is 308 g/mol. The largest absolute Gasteiger partial charge is 0.321 e. The minimum absolute atomic E-state index is 0.0814. The van der Waals surface area contributed by atoms with E-state index >= 15 is 0 Å². The first-order valence-corrected chi connectivity index (χ1v) is 8.06. The van der Waals surface area contributed by atoms with E-state index in [0.29, 0.717) is 0 Å². The molecule has 3 heteroatoms. The molecule has 25 heavy (non-hydrogen) atoms. The first-order valence-electron chi connectivity index (χ1n) is 8.06. The molecule has 0 unspecified atom stereocenters. The lowest BCUT2D eigenvalue weighted by Crippen LogP contribution is -2.15. The molecule has 0 fully saturated rings. The molecule has 0 aliphatic rings. The van der Waals surface area contributed by atoms with Crippen LogP contribution < -0.4 is 5.32 Å². The van der Waals surface area contributed by atoms with E-state index in [9.17, 15) is 10.1 Å². The van der Waals surface area contributed by atoms with Gasteiger partial charge in [-0.15, -0.1) is 0 Å². The Labute approximate surface area is 147 Å². The molecule has 1 N–H and O–H groups in total. The molecule has 0 heterocycles. The Morgan fingerprint density at radius 3 is 2.32 bits per heavy atom. The Balaban J connectivity index is 1.91. The van der Waals surface area contributed by atoms with Crippen molar-refractivity contribution in [3.05, 3.63) is 82.9 Å². The summed E-state index contributed by atoms with van der Waals surface area (Å²) in [4.78, 5) is 12.5. The van der Waals surface area contributed by atoms with E-state index in [1.807, 2.05) is 80.6 Å². The number of nitriles is 1. The number of anilines is 1. The zero-order valence-electron chi connectivity index (χ0n) is 14.2. The molecule has 0 saturated carbocycles. The van der Waals surface area contributed by atoms with Crippen molar-refractivity contribution in [3.8, 4) is 6.07 Å². The minimum atomic E-state index is -0.395. The van der Waals surface area contributed by atoms with Gasteiger partial charge in [-0.1, -0.05) is 54.6 Å². The highest BCUT2D eigenvalue weighted by Gasteiger charge is 2.12. The number of aryl methyl sites for hydroxylation is 2. The van der Waals surface area contributed by atoms with Crippen molar-refractivity contribution in [1.82, 2.24) is 0 Å². The number of rotatable bonds is 3. The number of nitrogens with one attached hydrogen (secondary N) is 1. The Morgan fingerprint density at radius 1 is 0.960 bits per heavy atom. The highest BCUT2D eigenvalue weighted by Crippen LogP contribution is 2.21. The van der Waals surface area contributed by atoms with Gasteiger partial charge in [0.05, 0.1) is 0 Å². The number of para-hydroxylation sites is 1. The summed E-state index contributed by atoms with van der Waals surface area (Å²) in [5.41, 5.74) is 3.60. The molecule has 0 spiro atoms. The molecule has 3 aromatic rings. The lowest BCUT2D eigenvalue weighted by Gasteiger charge is -2.11. The van der Waals surface area contributed by atoms with Crippen LogP contribution in [0.2, 0.25) is 0 Å². The van der Waals surface area contributed by atoms with Crippen LogP contribution in [0, 0.1) is 25.2 Å². The van der Waals surface area contributed by atoms with Crippen LogP contribution in [0.3, 0.4) is 0 Å². The molecule has 3 rings (SSSR count). The number of benzene rings is 3. The van der Waals surface area contributed by atoms with Gasteiger partial charge in [0.15, 0.2) is 0 Å². The second-order valence-electron chi connectivity index (χ2n) is 6.00. The molecule has 3 aromatic carbocycles. The zero-order chi connectivity index (χ0) is 17.8. The van der Waals surface area contributed by atoms with Gasteiger partial charge in [0.1, 0.15) is 11.6 Å². The van der Waals surface area contributed by atoms with Gasteiger partial charge in [-0.05, 0) is 53.5 Å². The van der Waals surface area contributed by atoms with Gasteiger partial charge in [0.25, 0.3) is 5.91 Å². The molecule has 0 aliphatic carbocycles. The fourth-order valence-corrected chi connectivity index (χ4v) is 2.81. The van der Waals surface area contributed by atoms with E-state index in [4.69, 9.17) is 0 Å². The molecule has 3 nitrogen and oxygen atoms in total. The Morgan fingerprint density at radius 2 is 1.64 bits per heavy atom. The number of hydrogen-bond donors (Lipinski definition) is 1. The van der Waals surface area contributed by atoms with Crippen LogP contribution in [-0.2, 0) is 4.79 Å². The van der Waals surface area contributed by atoms with Gasteiger partial charge >= 0.3 is 0 Å². The SMILES string of the molecule is Cc1cccc(C)c1NC(=O)/C(C#N)=C/c1ccc2ccccc2c1. The molecule has 0 saturated heterocycles. The van der Waals surface area contributed by atoms with Crippen LogP contribution in [-0.4, -0.2) is 5.91 Å². The van der Waals surface area contributed by atoms with Crippen molar-refractivity contribution in [2.24, 2.45) is 0 Å². The fourth-order valence-electron chi connectivity index (χ4n) is 2.81. The van der Waals surface area contributed by atoms with Crippen LogP contribution in [0.25, 0.3) is 16.8 Å². The second kappa shape index (κ2) is 7.02. The summed E-state index contributed by atoms with van der Waals surface area (Å²) in [5.74, 6) is -0.395. The average molecular weight is 326 g/mol. The third-order valence-corrected chi connectivity index (χ3v) is 4.17. The molecule has 1 amide bonds. The standard InChI is InChI=1S/C22H18N2O/c1-15-6-5-7-16(2)21(15)24-22(25)20(14-23)13-17-10-11-18-8-3-4-9-19(18)12-17/h3-13H,1-2H3,(H,24,25)/b20-13+. The maximum Gasteiger partial charge on any atom is 0.266 e. The van der Waals surface area contributed by atoms with Crippen molar-refractivity contribution in [3.63, 3.8) is 0 Å². The van der Waals surface area contributed by atoms with Gasteiger partial charge < -0.3 is 5.32 Å². The molecule has 122 valence electrons. The normalized spacial score (nSPS) is 11.2. The van der Waals surface area contributed by atoms with Gasteiger partial charge in [-0.25, -0.2) is 0 Å². The highest BCUT2D eigenvalue weighted by atomic mass is 16.1. The number of carbonyl (C=O) groups excluding carboxylic acids is 1. The molecule has 0 bridgehead atoms. The van der Waals surface area contributed by atoms with Crippen LogP contribution in [0.1, 0.15) is 16.7 Å². The number of fused-ring (bicyclic) bond motifs is 1. The summed E-state index contributed by atoms with van der Waals surface area (Å²) in [5, 5.41) is 14.5. The van der Waals surface area contributed by atoms with Crippen LogP contribution in [0.5, 0.6) is 0 Å². The third-order valence-electron chi connectivity index (χ3n) is 4.17. The quantitative estimate of drug-likeness (QED) is 0.544. The minimum Gasteiger partial charge on any atom is -0.321 e. The Bertz CT molecular complexity index is 1010. The third kappa shape index (κ3) is 3.59. The molecule has 0 aliphatic heterocycles. The van der Waals surface area contributed by atoms with E-state index in [1.54, 1.807) is 6.08 Å². The van der Waals surface area contributed by atoms with Gasteiger partial charge in [-0.2, -0.15) is 5.26 Å². The molecule has 0 atom stereocenters. The smallest absolute Gasteiger partial charge is 0.266 e. The topological polar surface area (TPSA) is 52.9 Å². The van der Waals surface area contributed by atoms with Crippen molar-refractivity contribution in [2.75, 3.05) is 5.32 Å². The molecule has 0 aromatic heterocycles. The lowest BCUT2D eigenvalue weighted by molar-refractivity contribution is -0.112.